The Bertz CT molecular complexity index is 360. The van der Waals surface area contributed by atoms with E-state index >= 15 is 0 Å². The van der Waals surface area contributed by atoms with E-state index in [9.17, 15) is 4.79 Å². The number of carbonyl (C=O) groups is 1. The molecule has 2 saturated heterocycles. The number of morpholine rings is 1. The highest BCUT2D eigenvalue weighted by Crippen LogP contribution is 2.41. The predicted octanol–water partition coefficient (Wildman–Crippen LogP) is 0.781. The Hall–Kier alpha value is -0.650. The molecule has 1 N–H and O–H groups in total. The van der Waals surface area contributed by atoms with Gasteiger partial charge >= 0.3 is 5.97 Å². The first-order chi connectivity index (χ1) is 9.68. The predicted molar refractivity (Wildman–Crippen MR) is 75.5 cm³/mol. The molecule has 2 bridgehead atoms. The van der Waals surface area contributed by atoms with Gasteiger partial charge in [0.25, 0.3) is 0 Å². The number of carbonyl (C=O) groups excluding carboxylic acids is 1. The molecule has 0 aromatic rings. The monoisotopic (exact) mass is 282 g/mol. The maximum absolute atomic E-state index is 12.4. The molecule has 1 saturated carbocycles. The zero-order valence-corrected chi connectivity index (χ0v) is 12.6. The third-order valence-corrected chi connectivity index (χ3v) is 4.91. The highest BCUT2D eigenvalue weighted by Gasteiger charge is 2.53. The lowest BCUT2D eigenvalue weighted by Crippen LogP contribution is -2.63. The average Bonchev–Trinajstić information content (AvgIpc) is 3.24. The first-order valence-electron chi connectivity index (χ1n) is 7.89. The van der Waals surface area contributed by atoms with Crippen LogP contribution in [0.15, 0.2) is 0 Å². The number of ether oxygens (including phenoxy) is 2. The van der Waals surface area contributed by atoms with Crippen molar-refractivity contribution in [1.29, 1.82) is 0 Å². The number of nitrogens with zero attached hydrogens (tertiary/aromatic N) is 1. The van der Waals surface area contributed by atoms with Gasteiger partial charge in [0.05, 0.1) is 19.3 Å². The maximum atomic E-state index is 12.4. The van der Waals surface area contributed by atoms with E-state index in [1.807, 2.05) is 0 Å². The van der Waals surface area contributed by atoms with E-state index in [-0.39, 0.29) is 5.97 Å². The summed E-state index contributed by atoms with van der Waals surface area (Å²) in [5.74, 6) is 0.330. The van der Waals surface area contributed by atoms with E-state index in [0.29, 0.717) is 18.1 Å². The minimum absolute atomic E-state index is 0.0966. The van der Waals surface area contributed by atoms with Crippen LogP contribution in [0, 0.1) is 5.92 Å². The van der Waals surface area contributed by atoms with Crippen molar-refractivity contribution >= 4 is 5.97 Å². The second-order valence-electron chi connectivity index (χ2n) is 6.42. The highest BCUT2D eigenvalue weighted by molar-refractivity contribution is 5.82. The van der Waals surface area contributed by atoms with Crippen LogP contribution in [0.3, 0.4) is 0 Å². The summed E-state index contributed by atoms with van der Waals surface area (Å²) in [6.45, 7) is 5.52. The van der Waals surface area contributed by atoms with Crippen molar-refractivity contribution in [3.63, 3.8) is 0 Å². The summed E-state index contributed by atoms with van der Waals surface area (Å²) in [6, 6.07) is 0. The van der Waals surface area contributed by atoms with Crippen LogP contribution in [0.1, 0.15) is 32.6 Å². The summed E-state index contributed by atoms with van der Waals surface area (Å²) >= 11 is 0. The molecular weight excluding hydrogens is 256 g/mol. The number of methoxy groups -OCH3 is 1. The van der Waals surface area contributed by atoms with Crippen molar-refractivity contribution < 1.29 is 14.3 Å². The molecule has 5 nitrogen and oxygen atoms in total. The molecule has 0 spiro atoms. The standard InChI is InChI=1S/C15H26N2O3/c1-3-16-15(11-4-5-11,14(18)19-2)10-17-8-12-6-7-13(9-17)20-12/h11-13,16H,3-10H2,1-2H3. The SMILES string of the molecule is CCNC(CN1CC2CCC(C1)O2)(C(=O)OC)C1CC1. The lowest BCUT2D eigenvalue weighted by atomic mass is 9.91. The van der Waals surface area contributed by atoms with Crippen molar-refractivity contribution in [2.75, 3.05) is 33.3 Å². The molecule has 0 aromatic carbocycles. The van der Waals surface area contributed by atoms with E-state index in [1.54, 1.807) is 0 Å². The molecule has 2 heterocycles. The highest BCUT2D eigenvalue weighted by atomic mass is 16.5. The average molecular weight is 282 g/mol. The van der Waals surface area contributed by atoms with Gasteiger partial charge in [0.1, 0.15) is 5.54 Å². The van der Waals surface area contributed by atoms with Gasteiger partial charge in [0.2, 0.25) is 0 Å². The molecule has 3 unspecified atom stereocenters. The molecule has 3 atom stereocenters. The zero-order valence-electron chi connectivity index (χ0n) is 12.6. The summed E-state index contributed by atoms with van der Waals surface area (Å²) in [4.78, 5) is 14.8. The fourth-order valence-electron chi connectivity index (χ4n) is 3.89. The second-order valence-corrected chi connectivity index (χ2v) is 6.42. The van der Waals surface area contributed by atoms with Crippen molar-refractivity contribution in [3.8, 4) is 0 Å². The Morgan fingerprint density at radius 1 is 1.30 bits per heavy atom. The molecule has 5 heteroatoms. The molecule has 3 rings (SSSR count). The van der Waals surface area contributed by atoms with Gasteiger partial charge in [-0.1, -0.05) is 6.92 Å². The van der Waals surface area contributed by atoms with Crippen LogP contribution in [0.25, 0.3) is 0 Å². The van der Waals surface area contributed by atoms with Crippen LogP contribution in [0.4, 0.5) is 0 Å². The molecule has 0 radical (unpaired) electrons. The molecular formula is C15H26N2O3. The van der Waals surface area contributed by atoms with Crippen molar-refractivity contribution in [1.82, 2.24) is 10.2 Å². The van der Waals surface area contributed by atoms with E-state index in [4.69, 9.17) is 9.47 Å². The Morgan fingerprint density at radius 2 is 1.95 bits per heavy atom. The lowest BCUT2D eigenvalue weighted by Gasteiger charge is -2.40. The minimum Gasteiger partial charge on any atom is -0.468 e. The fourth-order valence-corrected chi connectivity index (χ4v) is 3.89. The maximum Gasteiger partial charge on any atom is 0.327 e. The normalized spacial score (nSPS) is 32.9. The molecule has 1 aliphatic carbocycles. The Kier molecular flexibility index (Phi) is 4.02. The number of likely N-dealkylation sites (N-methyl/N-ethyl adjacent to an activating group) is 1. The quantitative estimate of drug-likeness (QED) is 0.730. The number of fused-ring (bicyclic) bond motifs is 2. The smallest absolute Gasteiger partial charge is 0.327 e. The molecule has 3 fully saturated rings. The molecule has 20 heavy (non-hydrogen) atoms. The Morgan fingerprint density at radius 3 is 2.45 bits per heavy atom. The molecule has 2 aliphatic heterocycles. The van der Waals surface area contributed by atoms with Crippen LogP contribution in [0.2, 0.25) is 0 Å². The van der Waals surface area contributed by atoms with Gasteiger partial charge in [-0.2, -0.15) is 0 Å². The number of hydrogen-bond donors (Lipinski definition) is 1. The minimum atomic E-state index is -0.514. The second kappa shape index (κ2) is 5.62. The Labute approximate surface area is 121 Å². The van der Waals surface area contributed by atoms with Gasteiger partial charge in [0.15, 0.2) is 0 Å². The number of esters is 1. The van der Waals surface area contributed by atoms with Crippen LogP contribution >= 0.6 is 0 Å². The lowest BCUT2D eigenvalue weighted by molar-refractivity contribution is -0.152. The van der Waals surface area contributed by atoms with E-state index < -0.39 is 5.54 Å². The van der Waals surface area contributed by atoms with Gasteiger partial charge in [0, 0.05) is 19.6 Å². The van der Waals surface area contributed by atoms with Gasteiger partial charge < -0.3 is 14.8 Å². The molecule has 0 aromatic heterocycles. The number of nitrogens with one attached hydrogen (secondary N) is 1. The Balaban J connectivity index is 1.73. The van der Waals surface area contributed by atoms with Gasteiger partial charge in [-0.05, 0) is 38.1 Å². The number of likely N-dealkylation sites (tertiary alicyclic amines) is 1. The van der Waals surface area contributed by atoms with E-state index in [1.165, 1.54) is 7.11 Å². The zero-order chi connectivity index (χ0) is 14.2. The first-order valence-corrected chi connectivity index (χ1v) is 7.89. The third-order valence-electron chi connectivity index (χ3n) is 4.91. The van der Waals surface area contributed by atoms with Crippen molar-refractivity contribution in [3.05, 3.63) is 0 Å². The topological polar surface area (TPSA) is 50.8 Å². The van der Waals surface area contributed by atoms with E-state index in [2.05, 4.69) is 17.1 Å². The van der Waals surface area contributed by atoms with Crippen LogP contribution in [-0.4, -0.2) is 61.9 Å². The van der Waals surface area contributed by atoms with E-state index in [0.717, 1.165) is 51.9 Å². The summed E-state index contributed by atoms with van der Waals surface area (Å²) < 4.78 is 11.0. The van der Waals surface area contributed by atoms with Gasteiger partial charge in [-0.25, -0.2) is 4.79 Å². The van der Waals surface area contributed by atoms with Gasteiger partial charge in [-0.15, -0.1) is 0 Å². The van der Waals surface area contributed by atoms with Crippen LogP contribution < -0.4 is 5.32 Å². The third kappa shape index (κ3) is 2.59. The summed E-state index contributed by atoms with van der Waals surface area (Å²) in [7, 11) is 1.50. The largest absolute Gasteiger partial charge is 0.468 e. The number of hydrogen-bond acceptors (Lipinski definition) is 5. The van der Waals surface area contributed by atoms with Crippen molar-refractivity contribution in [2.45, 2.75) is 50.4 Å². The van der Waals surface area contributed by atoms with Crippen LogP contribution in [-0.2, 0) is 14.3 Å². The number of rotatable bonds is 6. The van der Waals surface area contributed by atoms with Crippen LogP contribution in [0.5, 0.6) is 0 Å². The molecule has 3 aliphatic rings. The first kappa shape index (κ1) is 14.3. The molecule has 114 valence electrons. The molecule has 0 amide bonds. The fraction of sp³-hybridized carbons (Fsp3) is 0.933. The summed E-state index contributed by atoms with van der Waals surface area (Å²) in [5, 5.41) is 3.45. The van der Waals surface area contributed by atoms with Crippen molar-refractivity contribution in [2.24, 2.45) is 5.92 Å². The summed E-state index contributed by atoms with van der Waals surface area (Å²) in [5.41, 5.74) is -0.514. The van der Waals surface area contributed by atoms with Gasteiger partial charge in [-0.3, -0.25) is 4.90 Å². The summed E-state index contributed by atoms with van der Waals surface area (Å²) in [6.07, 6.45) is 5.31.